The molecule has 0 amide bonds. The maximum absolute atomic E-state index is 11.1. The van der Waals surface area contributed by atoms with Crippen LogP contribution in [-0.4, -0.2) is 11.0 Å². The van der Waals surface area contributed by atoms with E-state index in [0.29, 0.717) is 6.04 Å². The SMILES string of the molecule is Cc1c(NC2C3CC4CC(C3)CC2C4)cccc1[N+](=O)[O-]. The van der Waals surface area contributed by atoms with Gasteiger partial charge in [0.2, 0.25) is 0 Å². The summed E-state index contributed by atoms with van der Waals surface area (Å²) < 4.78 is 0. The number of nitrogens with zero attached hydrogens (tertiary/aromatic N) is 1. The number of hydrogen-bond donors (Lipinski definition) is 1. The standard InChI is InChI=1S/C17H22N2O2/c1-10-15(3-2-4-16(10)19(20)21)18-17-13-6-11-5-12(8-13)9-14(17)7-11/h2-4,11-14,17-18H,5-9H2,1H3. The average Bonchev–Trinajstić information content (AvgIpc) is 2.43. The number of benzene rings is 1. The molecule has 4 saturated carbocycles. The van der Waals surface area contributed by atoms with Crippen molar-refractivity contribution in [2.24, 2.45) is 23.7 Å². The normalized spacial score (nSPS) is 36.7. The molecule has 4 fully saturated rings. The van der Waals surface area contributed by atoms with Crippen LogP contribution in [-0.2, 0) is 0 Å². The Labute approximate surface area is 125 Å². The Morgan fingerprint density at radius 3 is 2.29 bits per heavy atom. The number of nitro benzene ring substituents is 1. The van der Waals surface area contributed by atoms with E-state index in [1.54, 1.807) is 12.1 Å². The van der Waals surface area contributed by atoms with Gasteiger partial charge in [-0.2, -0.15) is 0 Å². The molecule has 0 radical (unpaired) electrons. The van der Waals surface area contributed by atoms with Crippen molar-refractivity contribution in [1.29, 1.82) is 0 Å². The van der Waals surface area contributed by atoms with Crippen molar-refractivity contribution in [2.45, 2.75) is 45.1 Å². The Morgan fingerprint density at radius 2 is 1.71 bits per heavy atom. The molecule has 1 N–H and O–H groups in total. The van der Waals surface area contributed by atoms with Gasteiger partial charge in [0.1, 0.15) is 0 Å². The van der Waals surface area contributed by atoms with E-state index in [0.717, 1.165) is 34.9 Å². The zero-order valence-corrected chi connectivity index (χ0v) is 12.4. The van der Waals surface area contributed by atoms with Gasteiger partial charge in [-0.15, -0.1) is 0 Å². The third-order valence-electron chi connectivity index (χ3n) is 6.05. The lowest BCUT2D eigenvalue weighted by atomic mass is 9.54. The van der Waals surface area contributed by atoms with E-state index in [9.17, 15) is 10.1 Å². The third-order valence-corrected chi connectivity index (χ3v) is 6.05. The van der Waals surface area contributed by atoms with Crippen LogP contribution in [0.5, 0.6) is 0 Å². The molecule has 0 heterocycles. The van der Waals surface area contributed by atoms with Gasteiger partial charge in [-0.05, 0) is 68.8 Å². The highest BCUT2D eigenvalue weighted by atomic mass is 16.6. The molecule has 0 saturated heterocycles. The van der Waals surface area contributed by atoms with E-state index in [4.69, 9.17) is 0 Å². The maximum atomic E-state index is 11.1. The Hall–Kier alpha value is -1.58. The summed E-state index contributed by atoms with van der Waals surface area (Å²) in [4.78, 5) is 10.8. The van der Waals surface area contributed by atoms with Crippen molar-refractivity contribution in [3.8, 4) is 0 Å². The molecule has 4 aliphatic carbocycles. The molecule has 0 unspecified atom stereocenters. The first-order valence-electron chi connectivity index (χ1n) is 8.12. The lowest BCUT2D eigenvalue weighted by Crippen LogP contribution is -2.51. The predicted octanol–water partition coefficient (Wildman–Crippen LogP) is 4.14. The lowest BCUT2D eigenvalue weighted by molar-refractivity contribution is -0.385. The van der Waals surface area contributed by atoms with Gasteiger partial charge in [0.05, 0.1) is 4.92 Å². The summed E-state index contributed by atoms with van der Waals surface area (Å²) in [6.07, 6.45) is 6.89. The van der Waals surface area contributed by atoms with Crippen LogP contribution < -0.4 is 5.32 Å². The van der Waals surface area contributed by atoms with E-state index in [-0.39, 0.29) is 10.6 Å². The Balaban J connectivity index is 1.59. The summed E-state index contributed by atoms with van der Waals surface area (Å²) >= 11 is 0. The topological polar surface area (TPSA) is 55.2 Å². The van der Waals surface area contributed by atoms with Gasteiger partial charge in [-0.25, -0.2) is 0 Å². The molecule has 21 heavy (non-hydrogen) atoms. The molecule has 1 aromatic carbocycles. The second kappa shape index (κ2) is 4.72. The van der Waals surface area contributed by atoms with Crippen molar-refractivity contribution in [2.75, 3.05) is 5.32 Å². The number of nitrogens with one attached hydrogen (secondary N) is 1. The minimum absolute atomic E-state index is 0.226. The summed E-state index contributed by atoms with van der Waals surface area (Å²) in [5.74, 6) is 3.47. The van der Waals surface area contributed by atoms with Crippen LogP contribution in [0.2, 0.25) is 0 Å². The van der Waals surface area contributed by atoms with Crippen molar-refractivity contribution < 1.29 is 4.92 Å². The summed E-state index contributed by atoms with van der Waals surface area (Å²) in [7, 11) is 0. The van der Waals surface area contributed by atoms with Crippen LogP contribution in [0, 0.1) is 40.7 Å². The van der Waals surface area contributed by atoms with Crippen LogP contribution in [0.3, 0.4) is 0 Å². The molecular weight excluding hydrogens is 264 g/mol. The van der Waals surface area contributed by atoms with Crippen molar-refractivity contribution in [3.63, 3.8) is 0 Å². The quantitative estimate of drug-likeness (QED) is 0.671. The molecule has 0 aromatic heterocycles. The van der Waals surface area contributed by atoms with E-state index < -0.39 is 0 Å². The van der Waals surface area contributed by atoms with E-state index >= 15 is 0 Å². The lowest BCUT2D eigenvalue weighted by Gasteiger charge is -2.54. The first-order valence-corrected chi connectivity index (χ1v) is 8.12. The largest absolute Gasteiger partial charge is 0.381 e. The monoisotopic (exact) mass is 286 g/mol. The second-order valence-corrected chi connectivity index (χ2v) is 7.31. The van der Waals surface area contributed by atoms with Crippen LogP contribution >= 0.6 is 0 Å². The molecular formula is C17H22N2O2. The fourth-order valence-corrected chi connectivity index (χ4v) is 5.32. The fraction of sp³-hybridized carbons (Fsp3) is 0.647. The number of nitro groups is 1. The summed E-state index contributed by atoms with van der Waals surface area (Å²) in [5, 5.41) is 14.8. The summed E-state index contributed by atoms with van der Waals surface area (Å²) in [5.41, 5.74) is 1.96. The third kappa shape index (κ3) is 2.12. The first kappa shape index (κ1) is 13.1. The zero-order valence-electron chi connectivity index (χ0n) is 12.4. The number of rotatable bonds is 3. The first-order chi connectivity index (χ1) is 10.1. The molecule has 4 bridgehead atoms. The smallest absolute Gasteiger partial charge is 0.274 e. The molecule has 4 heteroatoms. The van der Waals surface area contributed by atoms with E-state index in [1.807, 2.05) is 13.0 Å². The fourth-order valence-electron chi connectivity index (χ4n) is 5.32. The molecule has 0 aliphatic heterocycles. The molecule has 1 aromatic rings. The van der Waals surface area contributed by atoms with Crippen molar-refractivity contribution in [3.05, 3.63) is 33.9 Å². The van der Waals surface area contributed by atoms with Gasteiger partial charge in [-0.1, -0.05) is 6.07 Å². The minimum Gasteiger partial charge on any atom is -0.381 e. The minimum atomic E-state index is -0.280. The van der Waals surface area contributed by atoms with E-state index in [2.05, 4.69) is 5.32 Å². The van der Waals surface area contributed by atoms with Crippen LogP contribution in [0.15, 0.2) is 18.2 Å². The van der Waals surface area contributed by atoms with Crippen LogP contribution in [0.4, 0.5) is 11.4 Å². The van der Waals surface area contributed by atoms with Crippen molar-refractivity contribution >= 4 is 11.4 Å². The highest BCUT2D eigenvalue weighted by Gasteiger charge is 2.48. The average molecular weight is 286 g/mol. The van der Waals surface area contributed by atoms with Gasteiger partial charge in [-0.3, -0.25) is 10.1 Å². The molecule has 112 valence electrons. The van der Waals surface area contributed by atoms with Gasteiger partial charge in [0.15, 0.2) is 0 Å². The van der Waals surface area contributed by atoms with Crippen LogP contribution in [0.25, 0.3) is 0 Å². The van der Waals surface area contributed by atoms with Crippen molar-refractivity contribution in [1.82, 2.24) is 0 Å². The molecule has 4 nitrogen and oxygen atoms in total. The summed E-state index contributed by atoms with van der Waals surface area (Å²) in [6.45, 7) is 1.86. The predicted molar refractivity (Wildman–Crippen MR) is 82.3 cm³/mol. The van der Waals surface area contributed by atoms with Gasteiger partial charge < -0.3 is 5.32 Å². The summed E-state index contributed by atoms with van der Waals surface area (Å²) in [6, 6.07) is 5.91. The maximum Gasteiger partial charge on any atom is 0.274 e. The molecule has 0 spiro atoms. The van der Waals surface area contributed by atoms with Gasteiger partial charge >= 0.3 is 0 Å². The molecule has 5 rings (SSSR count). The van der Waals surface area contributed by atoms with Gasteiger partial charge in [0.25, 0.3) is 5.69 Å². The highest BCUT2D eigenvalue weighted by molar-refractivity contribution is 5.60. The van der Waals surface area contributed by atoms with Crippen LogP contribution in [0.1, 0.15) is 37.7 Å². The highest BCUT2D eigenvalue weighted by Crippen LogP contribution is 2.54. The van der Waals surface area contributed by atoms with E-state index in [1.165, 1.54) is 32.1 Å². The number of anilines is 1. The Morgan fingerprint density at radius 1 is 1.10 bits per heavy atom. The number of hydrogen-bond acceptors (Lipinski definition) is 3. The molecule has 0 atom stereocenters. The molecule has 4 aliphatic rings. The zero-order chi connectivity index (χ0) is 14.6. The van der Waals surface area contributed by atoms with Gasteiger partial charge in [0, 0.05) is 23.4 Å². The second-order valence-electron chi connectivity index (χ2n) is 7.31. The Bertz CT molecular complexity index is 556. The Kier molecular flexibility index (Phi) is 2.95.